The van der Waals surface area contributed by atoms with Crippen molar-refractivity contribution in [2.45, 2.75) is 44.8 Å². The van der Waals surface area contributed by atoms with E-state index < -0.39 is 6.10 Å². The largest absolute Gasteiger partial charge is 0.493 e. The molecule has 0 radical (unpaired) electrons. The molecule has 100 valence electrons. The first-order valence-corrected chi connectivity index (χ1v) is 6.96. The predicted octanol–water partition coefficient (Wildman–Crippen LogP) is 2.65. The van der Waals surface area contributed by atoms with Crippen LogP contribution in [-0.4, -0.2) is 24.3 Å². The van der Waals surface area contributed by atoms with E-state index in [1.54, 1.807) is 0 Å². The SMILES string of the molecule is CCCOc1ccccc1C(O)C1CCCCN1. The second-order valence-electron chi connectivity index (χ2n) is 4.89. The Labute approximate surface area is 109 Å². The summed E-state index contributed by atoms with van der Waals surface area (Å²) >= 11 is 0. The highest BCUT2D eigenvalue weighted by molar-refractivity contribution is 5.36. The molecule has 2 N–H and O–H groups in total. The van der Waals surface area contributed by atoms with Crippen molar-refractivity contribution in [3.05, 3.63) is 29.8 Å². The smallest absolute Gasteiger partial charge is 0.125 e. The molecule has 1 fully saturated rings. The van der Waals surface area contributed by atoms with E-state index in [1.807, 2.05) is 24.3 Å². The molecule has 1 heterocycles. The van der Waals surface area contributed by atoms with Crippen molar-refractivity contribution >= 4 is 0 Å². The van der Waals surface area contributed by atoms with E-state index in [1.165, 1.54) is 12.8 Å². The molecule has 0 spiro atoms. The highest BCUT2D eigenvalue weighted by Crippen LogP contribution is 2.30. The molecule has 2 atom stereocenters. The minimum absolute atomic E-state index is 0.158. The highest BCUT2D eigenvalue weighted by Gasteiger charge is 2.24. The minimum Gasteiger partial charge on any atom is -0.493 e. The summed E-state index contributed by atoms with van der Waals surface area (Å²) in [6.07, 6.45) is 3.93. The summed E-state index contributed by atoms with van der Waals surface area (Å²) in [6.45, 7) is 3.78. The van der Waals surface area contributed by atoms with Gasteiger partial charge in [-0.25, -0.2) is 0 Å². The summed E-state index contributed by atoms with van der Waals surface area (Å²) in [5.41, 5.74) is 0.908. The second-order valence-corrected chi connectivity index (χ2v) is 4.89. The van der Waals surface area contributed by atoms with E-state index in [4.69, 9.17) is 4.74 Å². The van der Waals surface area contributed by atoms with Crippen molar-refractivity contribution in [2.75, 3.05) is 13.2 Å². The van der Waals surface area contributed by atoms with Crippen molar-refractivity contribution < 1.29 is 9.84 Å². The Bertz CT molecular complexity index is 361. The number of rotatable bonds is 5. The number of hydrogen-bond donors (Lipinski definition) is 2. The van der Waals surface area contributed by atoms with Crippen LogP contribution in [0, 0.1) is 0 Å². The van der Waals surface area contributed by atoms with E-state index in [9.17, 15) is 5.11 Å². The minimum atomic E-state index is -0.474. The van der Waals surface area contributed by atoms with Gasteiger partial charge in [-0.3, -0.25) is 0 Å². The van der Waals surface area contributed by atoms with E-state index in [0.29, 0.717) is 6.61 Å². The molecule has 18 heavy (non-hydrogen) atoms. The quantitative estimate of drug-likeness (QED) is 0.843. The van der Waals surface area contributed by atoms with Gasteiger partial charge in [0.25, 0.3) is 0 Å². The van der Waals surface area contributed by atoms with Gasteiger partial charge in [0.2, 0.25) is 0 Å². The molecule has 0 saturated carbocycles. The molecule has 0 aliphatic carbocycles. The second kappa shape index (κ2) is 6.76. The van der Waals surface area contributed by atoms with Crippen LogP contribution in [0.5, 0.6) is 5.75 Å². The first kappa shape index (κ1) is 13.4. The molecule has 0 aromatic heterocycles. The first-order chi connectivity index (χ1) is 8.83. The van der Waals surface area contributed by atoms with E-state index in [0.717, 1.165) is 30.7 Å². The Morgan fingerprint density at radius 3 is 2.94 bits per heavy atom. The maximum atomic E-state index is 10.5. The zero-order valence-corrected chi connectivity index (χ0v) is 11.1. The molecule has 3 nitrogen and oxygen atoms in total. The fraction of sp³-hybridized carbons (Fsp3) is 0.600. The Hall–Kier alpha value is -1.06. The molecule has 1 aliphatic heterocycles. The Kier molecular flexibility index (Phi) is 5.02. The molecule has 2 rings (SSSR count). The van der Waals surface area contributed by atoms with Crippen LogP contribution in [-0.2, 0) is 0 Å². The molecule has 2 unspecified atom stereocenters. The molecule has 0 bridgehead atoms. The Balaban J connectivity index is 2.10. The van der Waals surface area contributed by atoms with Gasteiger partial charge in [0.15, 0.2) is 0 Å². The van der Waals surface area contributed by atoms with Crippen LogP contribution in [0.25, 0.3) is 0 Å². The summed E-state index contributed by atoms with van der Waals surface area (Å²) in [6, 6.07) is 7.98. The zero-order valence-electron chi connectivity index (χ0n) is 11.1. The summed E-state index contributed by atoms with van der Waals surface area (Å²) in [5.74, 6) is 0.819. The summed E-state index contributed by atoms with van der Waals surface area (Å²) in [5, 5.41) is 13.9. The zero-order chi connectivity index (χ0) is 12.8. The monoisotopic (exact) mass is 249 g/mol. The number of ether oxygens (including phenoxy) is 1. The van der Waals surface area contributed by atoms with E-state index >= 15 is 0 Å². The average molecular weight is 249 g/mol. The Morgan fingerprint density at radius 2 is 2.22 bits per heavy atom. The molecule has 1 aromatic carbocycles. The van der Waals surface area contributed by atoms with Crippen LogP contribution < -0.4 is 10.1 Å². The number of nitrogens with one attached hydrogen (secondary N) is 1. The maximum Gasteiger partial charge on any atom is 0.125 e. The number of aliphatic hydroxyl groups is 1. The molecule has 0 amide bonds. The summed E-state index contributed by atoms with van der Waals surface area (Å²) in [7, 11) is 0. The number of para-hydroxylation sites is 1. The number of piperidine rings is 1. The van der Waals surface area contributed by atoms with Gasteiger partial charge < -0.3 is 15.2 Å². The number of benzene rings is 1. The molecular formula is C15H23NO2. The van der Waals surface area contributed by atoms with Crippen molar-refractivity contribution in [3.8, 4) is 5.75 Å². The molecule has 1 aliphatic rings. The lowest BCUT2D eigenvalue weighted by Gasteiger charge is -2.29. The van der Waals surface area contributed by atoms with Crippen LogP contribution >= 0.6 is 0 Å². The summed E-state index contributed by atoms with van der Waals surface area (Å²) < 4.78 is 5.71. The van der Waals surface area contributed by atoms with Crippen molar-refractivity contribution in [2.24, 2.45) is 0 Å². The average Bonchev–Trinajstić information content (AvgIpc) is 2.45. The molecular weight excluding hydrogens is 226 g/mol. The van der Waals surface area contributed by atoms with Crippen LogP contribution in [0.1, 0.15) is 44.3 Å². The molecule has 3 heteroatoms. The van der Waals surface area contributed by atoms with Gasteiger partial charge in [0, 0.05) is 11.6 Å². The fourth-order valence-electron chi connectivity index (χ4n) is 2.43. The van der Waals surface area contributed by atoms with Crippen LogP contribution in [0.15, 0.2) is 24.3 Å². The predicted molar refractivity (Wildman–Crippen MR) is 72.8 cm³/mol. The highest BCUT2D eigenvalue weighted by atomic mass is 16.5. The van der Waals surface area contributed by atoms with E-state index in [-0.39, 0.29) is 6.04 Å². The molecule has 1 saturated heterocycles. The van der Waals surface area contributed by atoms with Gasteiger partial charge in [-0.2, -0.15) is 0 Å². The van der Waals surface area contributed by atoms with Crippen molar-refractivity contribution in [1.29, 1.82) is 0 Å². The topological polar surface area (TPSA) is 41.5 Å². The number of hydrogen-bond acceptors (Lipinski definition) is 3. The van der Waals surface area contributed by atoms with Gasteiger partial charge in [-0.05, 0) is 31.9 Å². The lowest BCUT2D eigenvalue weighted by Crippen LogP contribution is -2.38. The normalized spacial score (nSPS) is 21.6. The van der Waals surface area contributed by atoms with Gasteiger partial charge in [0.05, 0.1) is 12.7 Å². The lowest BCUT2D eigenvalue weighted by molar-refractivity contribution is 0.110. The molecule has 1 aromatic rings. The lowest BCUT2D eigenvalue weighted by atomic mass is 9.94. The van der Waals surface area contributed by atoms with Crippen LogP contribution in [0.3, 0.4) is 0 Å². The van der Waals surface area contributed by atoms with Gasteiger partial charge >= 0.3 is 0 Å². The standard InChI is InChI=1S/C15H23NO2/c1-2-11-18-14-9-4-3-7-12(14)15(17)13-8-5-6-10-16-13/h3-4,7,9,13,15-17H,2,5-6,8,10-11H2,1H3. The van der Waals surface area contributed by atoms with Gasteiger partial charge in [-0.15, -0.1) is 0 Å². The van der Waals surface area contributed by atoms with Gasteiger partial charge in [-0.1, -0.05) is 31.5 Å². The van der Waals surface area contributed by atoms with E-state index in [2.05, 4.69) is 12.2 Å². The third-order valence-electron chi connectivity index (χ3n) is 3.43. The summed E-state index contributed by atoms with van der Waals surface area (Å²) in [4.78, 5) is 0. The fourth-order valence-corrected chi connectivity index (χ4v) is 2.43. The Morgan fingerprint density at radius 1 is 1.39 bits per heavy atom. The van der Waals surface area contributed by atoms with Gasteiger partial charge in [0.1, 0.15) is 5.75 Å². The van der Waals surface area contributed by atoms with Crippen molar-refractivity contribution in [1.82, 2.24) is 5.32 Å². The van der Waals surface area contributed by atoms with Crippen LogP contribution in [0.4, 0.5) is 0 Å². The third kappa shape index (κ3) is 3.24. The van der Waals surface area contributed by atoms with Crippen molar-refractivity contribution in [3.63, 3.8) is 0 Å². The first-order valence-electron chi connectivity index (χ1n) is 6.96. The third-order valence-corrected chi connectivity index (χ3v) is 3.43. The maximum absolute atomic E-state index is 10.5. The van der Waals surface area contributed by atoms with Crippen LogP contribution in [0.2, 0.25) is 0 Å². The number of aliphatic hydroxyl groups excluding tert-OH is 1.